The van der Waals surface area contributed by atoms with Crippen LogP contribution in [0.25, 0.3) is 0 Å². The maximum absolute atomic E-state index is 14.5. The quantitative estimate of drug-likeness (QED) is 0.441. The van der Waals surface area contributed by atoms with Crippen LogP contribution in [0.5, 0.6) is 0 Å². The van der Waals surface area contributed by atoms with Gasteiger partial charge in [0.1, 0.15) is 6.04 Å². The largest absolute Gasteiger partial charge is 0.465 e. The van der Waals surface area contributed by atoms with E-state index in [-0.39, 0.29) is 30.3 Å². The standard InChI is InChI=1S/C30H29ClN2O5S/c31-20-10-12-21(13-11-20)32-15-6-14-30-25(24-23(39-30)9-4-5-16-38-29(24)37)27(35)33(26(30)28(32)36)22(18-34)17-19-7-2-1-3-8-19/h1-4,6-14,22-26,34H,5,15-18H2/t22-,23+,24-,25+,26?,30+/m1/s1. The molecule has 4 aliphatic heterocycles. The Balaban J connectivity index is 1.47. The van der Waals surface area contributed by atoms with Gasteiger partial charge in [0.2, 0.25) is 5.91 Å². The number of cyclic esters (lactones) is 1. The van der Waals surface area contributed by atoms with Crippen molar-refractivity contribution < 1.29 is 24.2 Å². The number of hydrogen-bond acceptors (Lipinski definition) is 6. The number of esters is 1. The maximum Gasteiger partial charge on any atom is 0.311 e. The number of amides is 2. The van der Waals surface area contributed by atoms with Crippen LogP contribution in [0.2, 0.25) is 5.02 Å². The number of thioether (sulfide) groups is 1. The fraction of sp³-hybridized carbons (Fsp3) is 0.367. The van der Waals surface area contributed by atoms with Crippen molar-refractivity contribution in [1.82, 2.24) is 4.90 Å². The summed E-state index contributed by atoms with van der Waals surface area (Å²) in [4.78, 5) is 45.5. The average Bonchev–Trinajstić information content (AvgIpc) is 3.32. The number of aliphatic hydroxyl groups excluding tert-OH is 1. The van der Waals surface area contributed by atoms with E-state index >= 15 is 0 Å². The highest BCUT2D eigenvalue weighted by molar-refractivity contribution is 8.02. The predicted octanol–water partition coefficient (Wildman–Crippen LogP) is 3.65. The van der Waals surface area contributed by atoms with Crippen molar-refractivity contribution in [3.63, 3.8) is 0 Å². The van der Waals surface area contributed by atoms with E-state index < -0.39 is 34.6 Å². The number of anilines is 1. The molecule has 0 aromatic heterocycles. The van der Waals surface area contributed by atoms with Crippen molar-refractivity contribution in [2.24, 2.45) is 11.8 Å². The normalized spacial score (nSPS) is 30.7. The van der Waals surface area contributed by atoms with Gasteiger partial charge in [0.25, 0.3) is 5.91 Å². The molecular formula is C30H29ClN2O5S. The molecule has 2 amide bonds. The number of nitrogens with zero attached hydrogens (tertiary/aromatic N) is 2. The third-order valence-electron chi connectivity index (χ3n) is 8.12. The summed E-state index contributed by atoms with van der Waals surface area (Å²) < 4.78 is 4.57. The summed E-state index contributed by atoms with van der Waals surface area (Å²) in [7, 11) is 0. The first-order chi connectivity index (χ1) is 18.9. The number of likely N-dealkylation sites (tertiary alicyclic amines) is 1. The highest BCUT2D eigenvalue weighted by Crippen LogP contribution is 2.61. The van der Waals surface area contributed by atoms with Crippen LogP contribution < -0.4 is 4.90 Å². The van der Waals surface area contributed by atoms with Crippen LogP contribution in [-0.2, 0) is 25.5 Å². The Morgan fingerprint density at radius 1 is 1.05 bits per heavy atom. The van der Waals surface area contributed by atoms with Gasteiger partial charge in [0.15, 0.2) is 0 Å². The summed E-state index contributed by atoms with van der Waals surface area (Å²) in [5, 5.41) is 10.9. The lowest BCUT2D eigenvalue weighted by Gasteiger charge is -2.38. The van der Waals surface area contributed by atoms with Crippen molar-refractivity contribution in [2.45, 2.75) is 34.9 Å². The highest BCUT2D eigenvalue weighted by Gasteiger charge is 2.71. The van der Waals surface area contributed by atoms with Crippen LogP contribution in [-0.4, -0.2) is 69.6 Å². The first-order valence-corrected chi connectivity index (χ1v) is 14.4. The first-order valence-electron chi connectivity index (χ1n) is 13.2. The number of fused-ring (bicyclic) bond motifs is 2. The molecule has 39 heavy (non-hydrogen) atoms. The Morgan fingerprint density at radius 3 is 2.56 bits per heavy atom. The van der Waals surface area contributed by atoms with Crippen molar-refractivity contribution in [3.8, 4) is 0 Å². The van der Waals surface area contributed by atoms with Gasteiger partial charge >= 0.3 is 5.97 Å². The Labute approximate surface area is 236 Å². The van der Waals surface area contributed by atoms with Crippen LogP contribution in [0, 0.1) is 11.8 Å². The van der Waals surface area contributed by atoms with E-state index in [1.807, 2.05) is 54.6 Å². The minimum absolute atomic E-state index is 0.246. The summed E-state index contributed by atoms with van der Waals surface area (Å²) in [5.41, 5.74) is 1.61. The fourth-order valence-electron chi connectivity index (χ4n) is 6.43. The molecule has 2 aromatic rings. The van der Waals surface area contributed by atoms with Gasteiger partial charge in [-0.05, 0) is 42.7 Å². The third kappa shape index (κ3) is 4.39. The number of carbonyl (C=O) groups is 3. The lowest BCUT2D eigenvalue weighted by molar-refractivity contribution is -0.153. The molecular weight excluding hydrogens is 536 g/mol. The number of hydrogen-bond donors (Lipinski definition) is 1. The first kappa shape index (κ1) is 26.2. The lowest BCUT2D eigenvalue weighted by Crippen LogP contribution is -2.57. The van der Waals surface area contributed by atoms with Gasteiger partial charge in [0, 0.05) is 22.5 Å². The fourth-order valence-corrected chi connectivity index (χ4v) is 8.54. The van der Waals surface area contributed by atoms with Crippen LogP contribution in [0.15, 0.2) is 78.9 Å². The molecule has 1 N–H and O–H groups in total. The van der Waals surface area contributed by atoms with Gasteiger partial charge in [-0.3, -0.25) is 14.4 Å². The average molecular weight is 565 g/mol. The van der Waals surface area contributed by atoms with Crippen LogP contribution in [0.1, 0.15) is 12.0 Å². The van der Waals surface area contributed by atoms with Gasteiger partial charge < -0.3 is 19.6 Å². The molecule has 1 spiro atoms. The molecule has 0 aliphatic carbocycles. The molecule has 6 rings (SSSR count). The molecule has 9 heteroatoms. The zero-order valence-electron chi connectivity index (χ0n) is 21.2. The molecule has 4 heterocycles. The molecule has 1 unspecified atom stereocenters. The lowest BCUT2D eigenvalue weighted by atomic mass is 9.78. The summed E-state index contributed by atoms with van der Waals surface area (Å²) in [6.07, 6.45) is 8.85. The van der Waals surface area contributed by atoms with E-state index in [0.717, 1.165) is 5.56 Å². The van der Waals surface area contributed by atoms with E-state index in [4.69, 9.17) is 16.3 Å². The van der Waals surface area contributed by atoms with Crippen molar-refractivity contribution in [2.75, 3.05) is 24.7 Å². The summed E-state index contributed by atoms with van der Waals surface area (Å²) >= 11 is 7.61. The third-order valence-corrected chi connectivity index (χ3v) is 10.1. The smallest absolute Gasteiger partial charge is 0.311 e. The summed E-state index contributed by atoms with van der Waals surface area (Å²) in [6.45, 7) is 0.254. The minimum Gasteiger partial charge on any atom is -0.465 e. The van der Waals surface area contributed by atoms with Crippen molar-refractivity contribution >= 4 is 46.8 Å². The number of benzene rings is 2. The number of ether oxygens (including phenoxy) is 1. The van der Waals surface area contributed by atoms with E-state index in [0.29, 0.717) is 30.1 Å². The molecule has 7 nitrogen and oxygen atoms in total. The second kappa shape index (κ2) is 10.5. The van der Waals surface area contributed by atoms with Gasteiger partial charge in [-0.15, -0.1) is 11.8 Å². The Kier molecular flexibility index (Phi) is 7.04. The maximum atomic E-state index is 14.5. The van der Waals surface area contributed by atoms with Crippen LogP contribution >= 0.6 is 23.4 Å². The van der Waals surface area contributed by atoms with Crippen LogP contribution in [0.3, 0.4) is 0 Å². The number of aliphatic hydroxyl groups is 1. The number of halogens is 1. The number of rotatable bonds is 5. The minimum atomic E-state index is -0.984. The SMILES string of the molecule is O=C1OCCC=C[C@@H]2S[C@]34C=CCN(c5ccc(Cl)cc5)C(=O)C3N([C@@H](CO)Cc3ccccc3)C(=O)[C@@H]4[C@H]12. The van der Waals surface area contributed by atoms with Gasteiger partial charge in [-0.2, -0.15) is 0 Å². The second-order valence-corrected chi connectivity index (χ2v) is 12.2. The monoisotopic (exact) mass is 564 g/mol. The molecule has 2 saturated heterocycles. The molecule has 2 fully saturated rings. The topological polar surface area (TPSA) is 87.2 Å². The second-order valence-electron chi connectivity index (χ2n) is 10.3. The zero-order chi connectivity index (χ0) is 27.1. The van der Waals surface area contributed by atoms with Crippen LogP contribution in [0.4, 0.5) is 5.69 Å². The van der Waals surface area contributed by atoms with Crippen molar-refractivity contribution in [3.05, 3.63) is 89.5 Å². The van der Waals surface area contributed by atoms with Gasteiger partial charge in [-0.25, -0.2) is 0 Å². The molecule has 0 saturated carbocycles. The summed E-state index contributed by atoms with van der Waals surface area (Å²) in [5.74, 6) is -2.46. The molecule has 202 valence electrons. The molecule has 2 aromatic carbocycles. The van der Waals surface area contributed by atoms with Gasteiger partial charge in [-0.1, -0.05) is 66.2 Å². The Hall–Kier alpha value is -3.07. The Morgan fingerprint density at radius 2 is 1.82 bits per heavy atom. The molecule has 6 atom stereocenters. The van der Waals surface area contributed by atoms with Crippen molar-refractivity contribution in [1.29, 1.82) is 0 Å². The van der Waals surface area contributed by atoms with E-state index in [9.17, 15) is 19.5 Å². The number of carbonyl (C=O) groups excluding carboxylic acids is 3. The summed E-state index contributed by atoms with van der Waals surface area (Å²) in [6, 6.07) is 15.1. The predicted molar refractivity (Wildman–Crippen MR) is 150 cm³/mol. The van der Waals surface area contributed by atoms with E-state index in [2.05, 4.69) is 0 Å². The van der Waals surface area contributed by atoms with E-state index in [1.165, 1.54) is 11.8 Å². The highest BCUT2D eigenvalue weighted by atomic mass is 35.5. The Bertz CT molecular complexity index is 1330. The van der Waals surface area contributed by atoms with E-state index in [1.54, 1.807) is 34.1 Å². The van der Waals surface area contributed by atoms with Gasteiger partial charge in [0.05, 0.1) is 35.8 Å². The zero-order valence-corrected chi connectivity index (χ0v) is 22.8. The molecule has 0 bridgehead atoms. The molecule has 0 radical (unpaired) electrons. The molecule has 4 aliphatic rings.